The molecule has 0 amide bonds. The molecule has 0 saturated heterocycles. The van der Waals surface area contributed by atoms with Crippen molar-refractivity contribution in [1.29, 1.82) is 0 Å². The lowest BCUT2D eigenvalue weighted by Gasteiger charge is -2.17. The van der Waals surface area contributed by atoms with Gasteiger partial charge in [0.25, 0.3) is 0 Å². The van der Waals surface area contributed by atoms with Crippen LogP contribution in [0.1, 0.15) is 31.4 Å². The van der Waals surface area contributed by atoms with E-state index in [1.54, 1.807) is 0 Å². The number of rotatable bonds is 4. The van der Waals surface area contributed by atoms with Gasteiger partial charge in [-0.15, -0.1) is 0 Å². The molecular formula is C12H17F3N2. The quantitative estimate of drug-likeness (QED) is 0.886. The van der Waals surface area contributed by atoms with E-state index < -0.39 is 11.7 Å². The van der Waals surface area contributed by atoms with E-state index in [1.165, 1.54) is 6.20 Å². The number of aryl methyl sites for hydroxylation is 1. The van der Waals surface area contributed by atoms with Crippen molar-refractivity contribution in [2.45, 2.75) is 38.9 Å². The van der Waals surface area contributed by atoms with Crippen molar-refractivity contribution in [2.75, 3.05) is 0 Å². The molecule has 0 fully saturated rings. The number of hydrogen-bond donors (Lipinski definition) is 1. The number of aromatic nitrogens is 1. The molecule has 1 aromatic heterocycles. The molecule has 1 heterocycles. The molecule has 0 radical (unpaired) electrons. The van der Waals surface area contributed by atoms with Gasteiger partial charge >= 0.3 is 6.18 Å². The molecule has 0 bridgehead atoms. The summed E-state index contributed by atoms with van der Waals surface area (Å²) in [5.41, 5.74) is 5.43. The molecule has 5 heteroatoms. The topological polar surface area (TPSA) is 38.9 Å². The number of alkyl halides is 3. The summed E-state index contributed by atoms with van der Waals surface area (Å²) in [6, 6.07) is 0.923. The third-order valence-corrected chi connectivity index (χ3v) is 2.81. The molecule has 1 aromatic rings. The Morgan fingerprint density at radius 2 is 2.00 bits per heavy atom. The summed E-state index contributed by atoms with van der Waals surface area (Å²) in [5, 5.41) is 0. The van der Waals surface area contributed by atoms with Gasteiger partial charge in [0.2, 0.25) is 0 Å². The first kappa shape index (κ1) is 14.0. The van der Waals surface area contributed by atoms with Gasteiger partial charge < -0.3 is 5.73 Å². The number of pyridine rings is 1. The minimum Gasteiger partial charge on any atom is -0.327 e. The van der Waals surface area contributed by atoms with E-state index in [-0.39, 0.29) is 17.5 Å². The summed E-state index contributed by atoms with van der Waals surface area (Å²) < 4.78 is 38.0. The van der Waals surface area contributed by atoms with Crippen molar-refractivity contribution in [3.05, 3.63) is 29.6 Å². The van der Waals surface area contributed by atoms with Crippen molar-refractivity contribution in [3.8, 4) is 0 Å². The Kier molecular flexibility index (Phi) is 4.51. The van der Waals surface area contributed by atoms with E-state index in [0.717, 1.165) is 12.3 Å². The molecule has 0 spiro atoms. The lowest BCUT2D eigenvalue weighted by molar-refractivity contribution is -0.138. The van der Waals surface area contributed by atoms with E-state index in [0.29, 0.717) is 12.8 Å². The molecule has 96 valence electrons. The fourth-order valence-electron chi connectivity index (χ4n) is 1.56. The van der Waals surface area contributed by atoms with E-state index in [9.17, 15) is 13.2 Å². The molecule has 0 saturated carbocycles. The minimum absolute atomic E-state index is 0.0868. The molecule has 17 heavy (non-hydrogen) atoms. The standard InChI is InChI=1S/C12H17F3N2/c1-8(2)11(16)4-3-9-7-17-6-5-10(9)12(13,14)15/h5-8,11H,3-4,16H2,1-2H3. The average Bonchev–Trinajstić information content (AvgIpc) is 2.24. The second-order valence-corrected chi connectivity index (χ2v) is 4.48. The van der Waals surface area contributed by atoms with Gasteiger partial charge in [-0.3, -0.25) is 4.98 Å². The number of hydrogen-bond acceptors (Lipinski definition) is 2. The summed E-state index contributed by atoms with van der Waals surface area (Å²) in [6.45, 7) is 3.91. The summed E-state index contributed by atoms with van der Waals surface area (Å²) >= 11 is 0. The highest BCUT2D eigenvalue weighted by Crippen LogP contribution is 2.32. The van der Waals surface area contributed by atoms with Crippen LogP contribution in [0.15, 0.2) is 18.5 Å². The van der Waals surface area contributed by atoms with Gasteiger partial charge in [-0.2, -0.15) is 13.2 Å². The van der Waals surface area contributed by atoms with Gasteiger partial charge in [0, 0.05) is 18.4 Å². The van der Waals surface area contributed by atoms with Crippen molar-refractivity contribution >= 4 is 0 Å². The first-order valence-corrected chi connectivity index (χ1v) is 5.58. The highest BCUT2D eigenvalue weighted by atomic mass is 19.4. The smallest absolute Gasteiger partial charge is 0.327 e. The van der Waals surface area contributed by atoms with E-state index >= 15 is 0 Å². The van der Waals surface area contributed by atoms with Crippen LogP contribution in [0.5, 0.6) is 0 Å². The van der Waals surface area contributed by atoms with Crippen LogP contribution in [-0.4, -0.2) is 11.0 Å². The average molecular weight is 246 g/mol. The molecule has 1 atom stereocenters. The van der Waals surface area contributed by atoms with Crippen LogP contribution < -0.4 is 5.73 Å². The summed E-state index contributed by atoms with van der Waals surface area (Å²) in [4.78, 5) is 3.74. The zero-order chi connectivity index (χ0) is 13.1. The van der Waals surface area contributed by atoms with Crippen LogP contribution in [0, 0.1) is 5.92 Å². The highest BCUT2D eigenvalue weighted by Gasteiger charge is 2.33. The van der Waals surface area contributed by atoms with Gasteiger partial charge in [-0.05, 0) is 30.4 Å². The number of nitrogens with zero attached hydrogens (tertiary/aromatic N) is 1. The van der Waals surface area contributed by atoms with Gasteiger partial charge in [0.1, 0.15) is 0 Å². The van der Waals surface area contributed by atoms with Crippen molar-refractivity contribution < 1.29 is 13.2 Å². The van der Waals surface area contributed by atoms with Crippen LogP contribution in [-0.2, 0) is 12.6 Å². The second-order valence-electron chi connectivity index (χ2n) is 4.48. The third kappa shape index (κ3) is 4.00. The van der Waals surface area contributed by atoms with E-state index in [1.807, 2.05) is 13.8 Å². The molecule has 2 nitrogen and oxygen atoms in total. The zero-order valence-electron chi connectivity index (χ0n) is 9.96. The first-order chi connectivity index (χ1) is 7.82. The Bertz CT molecular complexity index is 361. The van der Waals surface area contributed by atoms with Crippen LogP contribution in [0.2, 0.25) is 0 Å². The lowest BCUT2D eigenvalue weighted by Crippen LogP contribution is -2.27. The Morgan fingerprint density at radius 1 is 1.35 bits per heavy atom. The fourth-order valence-corrected chi connectivity index (χ4v) is 1.56. The fraction of sp³-hybridized carbons (Fsp3) is 0.583. The van der Waals surface area contributed by atoms with Crippen LogP contribution in [0.25, 0.3) is 0 Å². The third-order valence-electron chi connectivity index (χ3n) is 2.81. The van der Waals surface area contributed by atoms with Crippen molar-refractivity contribution in [1.82, 2.24) is 4.98 Å². The van der Waals surface area contributed by atoms with E-state index in [2.05, 4.69) is 4.98 Å². The van der Waals surface area contributed by atoms with Crippen LogP contribution in [0.4, 0.5) is 13.2 Å². The maximum absolute atomic E-state index is 12.7. The Balaban J connectivity index is 2.78. The largest absolute Gasteiger partial charge is 0.416 e. The predicted molar refractivity (Wildman–Crippen MR) is 60.4 cm³/mol. The SMILES string of the molecule is CC(C)C(N)CCc1cnccc1C(F)(F)F. The normalized spacial score (nSPS) is 14.1. The van der Waals surface area contributed by atoms with Crippen molar-refractivity contribution in [2.24, 2.45) is 11.7 Å². The lowest BCUT2D eigenvalue weighted by atomic mass is 9.96. The Labute approximate surface area is 99.0 Å². The summed E-state index contributed by atoms with van der Waals surface area (Å²) in [6.07, 6.45) is -1.04. The molecular weight excluding hydrogens is 229 g/mol. The van der Waals surface area contributed by atoms with Crippen LogP contribution in [0.3, 0.4) is 0 Å². The Morgan fingerprint density at radius 3 is 2.53 bits per heavy atom. The van der Waals surface area contributed by atoms with Gasteiger partial charge in [0.15, 0.2) is 0 Å². The molecule has 1 rings (SSSR count). The number of halogens is 3. The zero-order valence-corrected chi connectivity index (χ0v) is 9.96. The summed E-state index contributed by atoms with van der Waals surface area (Å²) in [5.74, 6) is 0.265. The molecule has 0 aliphatic rings. The monoisotopic (exact) mass is 246 g/mol. The molecule has 0 aliphatic carbocycles. The molecule has 0 aromatic carbocycles. The molecule has 0 aliphatic heterocycles. The minimum atomic E-state index is -4.32. The maximum Gasteiger partial charge on any atom is 0.416 e. The maximum atomic E-state index is 12.7. The summed E-state index contributed by atoms with van der Waals surface area (Å²) in [7, 11) is 0. The van der Waals surface area contributed by atoms with Gasteiger partial charge in [-0.1, -0.05) is 13.8 Å². The first-order valence-electron chi connectivity index (χ1n) is 5.58. The van der Waals surface area contributed by atoms with Crippen LogP contribution >= 0.6 is 0 Å². The van der Waals surface area contributed by atoms with E-state index in [4.69, 9.17) is 5.73 Å². The number of nitrogens with two attached hydrogens (primary N) is 1. The van der Waals surface area contributed by atoms with Gasteiger partial charge in [0.05, 0.1) is 5.56 Å². The predicted octanol–water partition coefficient (Wildman–Crippen LogP) is 3.02. The highest BCUT2D eigenvalue weighted by molar-refractivity contribution is 5.26. The van der Waals surface area contributed by atoms with Crippen molar-refractivity contribution in [3.63, 3.8) is 0 Å². The molecule has 2 N–H and O–H groups in total. The Hall–Kier alpha value is -1.10. The molecule has 1 unspecified atom stereocenters. The second kappa shape index (κ2) is 5.49. The van der Waals surface area contributed by atoms with Gasteiger partial charge in [-0.25, -0.2) is 0 Å².